The van der Waals surface area contributed by atoms with Crippen molar-refractivity contribution in [2.45, 2.75) is 26.3 Å². The Morgan fingerprint density at radius 1 is 1.42 bits per heavy atom. The van der Waals surface area contributed by atoms with Crippen LogP contribution in [-0.4, -0.2) is 23.6 Å². The van der Waals surface area contributed by atoms with E-state index in [1.807, 2.05) is 0 Å². The minimum atomic E-state index is -0.453. The van der Waals surface area contributed by atoms with Crippen LogP contribution in [0.3, 0.4) is 0 Å². The highest BCUT2D eigenvalue weighted by atomic mass is 16.6. The summed E-state index contributed by atoms with van der Waals surface area (Å²) < 4.78 is 5.44. The van der Waals surface area contributed by atoms with Crippen LogP contribution in [0.5, 0.6) is 5.75 Å². The van der Waals surface area contributed by atoms with Gasteiger partial charge in [-0.2, -0.15) is 0 Å². The van der Waals surface area contributed by atoms with Crippen molar-refractivity contribution in [2.24, 2.45) is 0 Å². The zero-order valence-corrected chi connectivity index (χ0v) is 11.6. The number of nitrogens with zero attached hydrogens (tertiary/aromatic N) is 1. The lowest BCUT2D eigenvalue weighted by Gasteiger charge is -2.21. The van der Waals surface area contributed by atoms with Gasteiger partial charge in [0, 0.05) is 18.2 Å². The first-order valence-electron chi connectivity index (χ1n) is 6.07. The first kappa shape index (κ1) is 15.2. The Hall–Kier alpha value is -1.88. The van der Waals surface area contributed by atoms with Crippen molar-refractivity contribution in [3.63, 3.8) is 0 Å². The van der Waals surface area contributed by atoms with Gasteiger partial charge in [-0.05, 0) is 32.4 Å². The van der Waals surface area contributed by atoms with E-state index >= 15 is 0 Å². The van der Waals surface area contributed by atoms with Crippen LogP contribution in [-0.2, 0) is 0 Å². The molecule has 1 N–H and O–H groups in total. The summed E-state index contributed by atoms with van der Waals surface area (Å²) >= 11 is 0. The van der Waals surface area contributed by atoms with Gasteiger partial charge in [0.2, 0.25) is 0 Å². The molecule has 0 heterocycles. The van der Waals surface area contributed by atoms with Crippen LogP contribution < -0.4 is 10.1 Å². The second kappa shape index (κ2) is 6.33. The van der Waals surface area contributed by atoms with Crippen molar-refractivity contribution < 1.29 is 9.66 Å². The van der Waals surface area contributed by atoms with Crippen LogP contribution in [0.2, 0.25) is 0 Å². The summed E-state index contributed by atoms with van der Waals surface area (Å²) in [7, 11) is 0. The summed E-state index contributed by atoms with van der Waals surface area (Å²) in [5.41, 5.74) is 0.814. The van der Waals surface area contributed by atoms with Crippen LogP contribution in [0.1, 0.15) is 20.8 Å². The largest absolute Gasteiger partial charge is 0.482 e. The fourth-order valence-electron chi connectivity index (χ4n) is 1.35. The number of nitro groups is 1. The van der Waals surface area contributed by atoms with E-state index in [0.29, 0.717) is 6.54 Å². The van der Waals surface area contributed by atoms with Gasteiger partial charge in [-0.15, -0.1) is 0 Å². The van der Waals surface area contributed by atoms with Gasteiger partial charge < -0.3 is 10.1 Å². The normalized spacial score (nSPS) is 11.1. The minimum Gasteiger partial charge on any atom is -0.482 e. The Morgan fingerprint density at radius 3 is 2.63 bits per heavy atom. The maximum absolute atomic E-state index is 10.8. The molecule has 1 rings (SSSR count). The zero-order chi connectivity index (χ0) is 14.5. The van der Waals surface area contributed by atoms with E-state index in [2.05, 4.69) is 32.7 Å². The highest BCUT2D eigenvalue weighted by Gasteiger charge is 2.14. The highest BCUT2D eigenvalue weighted by Crippen LogP contribution is 2.25. The Morgan fingerprint density at radius 2 is 2.05 bits per heavy atom. The number of para-hydroxylation sites is 2. The van der Waals surface area contributed by atoms with E-state index in [1.54, 1.807) is 18.2 Å². The fraction of sp³-hybridized carbons (Fsp3) is 0.429. The van der Waals surface area contributed by atoms with E-state index in [0.717, 1.165) is 5.57 Å². The van der Waals surface area contributed by atoms with Crippen LogP contribution in [0.4, 0.5) is 5.69 Å². The van der Waals surface area contributed by atoms with E-state index in [9.17, 15) is 10.1 Å². The second-order valence-corrected chi connectivity index (χ2v) is 5.37. The quantitative estimate of drug-likeness (QED) is 0.487. The summed E-state index contributed by atoms with van der Waals surface area (Å²) in [6.07, 6.45) is 0. The third-order valence-corrected chi connectivity index (χ3v) is 2.36. The van der Waals surface area contributed by atoms with Gasteiger partial charge in [0.25, 0.3) is 0 Å². The topological polar surface area (TPSA) is 64.4 Å². The molecule has 0 radical (unpaired) electrons. The molecule has 0 aliphatic rings. The van der Waals surface area contributed by atoms with E-state index < -0.39 is 4.92 Å². The van der Waals surface area contributed by atoms with E-state index in [1.165, 1.54) is 6.07 Å². The molecule has 0 aliphatic heterocycles. The van der Waals surface area contributed by atoms with Crippen LogP contribution in [0, 0.1) is 10.1 Å². The number of benzene rings is 1. The molecule has 1 aromatic carbocycles. The van der Waals surface area contributed by atoms with Crippen molar-refractivity contribution >= 4 is 5.69 Å². The van der Waals surface area contributed by atoms with Gasteiger partial charge in [0.1, 0.15) is 6.61 Å². The molecule has 0 atom stereocenters. The highest BCUT2D eigenvalue weighted by molar-refractivity contribution is 5.45. The predicted octanol–water partition coefficient (Wildman–Crippen LogP) is 2.92. The molecule has 5 heteroatoms. The second-order valence-electron chi connectivity index (χ2n) is 5.37. The molecule has 0 spiro atoms. The molecule has 0 aliphatic carbocycles. The first-order valence-corrected chi connectivity index (χ1v) is 6.07. The van der Waals surface area contributed by atoms with E-state index in [-0.39, 0.29) is 23.6 Å². The number of nitro benzene ring substituents is 1. The smallest absolute Gasteiger partial charge is 0.310 e. The van der Waals surface area contributed by atoms with Crippen molar-refractivity contribution in [1.82, 2.24) is 5.32 Å². The minimum absolute atomic E-state index is 0.00167. The van der Waals surface area contributed by atoms with Crippen LogP contribution in [0.15, 0.2) is 36.4 Å². The van der Waals surface area contributed by atoms with Crippen molar-refractivity contribution in [3.05, 3.63) is 46.5 Å². The van der Waals surface area contributed by atoms with Crippen LogP contribution >= 0.6 is 0 Å². The summed E-state index contributed by atoms with van der Waals surface area (Å²) in [5.74, 6) is 0.268. The SMILES string of the molecule is C=C(CNC(C)(C)C)COc1ccccc1[N+](=O)[O-]. The lowest BCUT2D eigenvalue weighted by molar-refractivity contribution is -0.385. The average molecular weight is 264 g/mol. The number of ether oxygens (including phenoxy) is 1. The van der Waals surface area contributed by atoms with Gasteiger partial charge >= 0.3 is 5.69 Å². The monoisotopic (exact) mass is 264 g/mol. The molecule has 0 saturated heterocycles. The molecule has 104 valence electrons. The number of hydrogen-bond donors (Lipinski definition) is 1. The molecule has 0 aromatic heterocycles. The number of hydrogen-bond acceptors (Lipinski definition) is 4. The number of nitrogens with one attached hydrogen (secondary N) is 1. The maximum Gasteiger partial charge on any atom is 0.310 e. The first-order chi connectivity index (χ1) is 8.79. The zero-order valence-electron chi connectivity index (χ0n) is 11.6. The lowest BCUT2D eigenvalue weighted by atomic mass is 10.1. The molecule has 5 nitrogen and oxygen atoms in total. The average Bonchev–Trinajstić information content (AvgIpc) is 2.33. The molecule has 0 fully saturated rings. The molecule has 1 aromatic rings. The summed E-state index contributed by atoms with van der Waals surface area (Å²) in [6.45, 7) is 10.9. The third kappa shape index (κ3) is 5.52. The van der Waals surface area contributed by atoms with Crippen molar-refractivity contribution in [2.75, 3.05) is 13.2 Å². The van der Waals surface area contributed by atoms with Gasteiger partial charge in [0.15, 0.2) is 5.75 Å². The van der Waals surface area contributed by atoms with Gasteiger partial charge in [-0.3, -0.25) is 10.1 Å². The third-order valence-electron chi connectivity index (χ3n) is 2.36. The molecule has 0 amide bonds. The predicted molar refractivity (Wildman–Crippen MR) is 75.5 cm³/mol. The Balaban J connectivity index is 2.53. The van der Waals surface area contributed by atoms with Gasteiger partial charge in [-0.25, -0.2) is 0 Å². The summed E-state index contributed by atoms with van der Waals surface area (Å²) in [5, 5.41) is 14.1. The summed E-state index contributed by atoms with van der Waals surface area (Å²) in [4.78, 5) is 10.4. The number of rotatable bonds is 6. The summed E-state index contributed by atoms with van der Waals surface area (Å²) in [6, 6.07) is 6.33. The molecular formula is C14H20N2O3. The Bertz CT molecular complexity index is 464. The molecular weight excluding hydrogens is 244 g/mol. The van der Waals surface area contributed by atoms with Gasteiger partial charge in [0.05, 0.1) is 4.92 Å². The van der Waals surface area contributed by atoms with Crippen molar-refractivity contribution in [3.8, 4) is 5.75 Å². The molecule has 0 bridgehead atoms. The van der Waals surface area contributed by atoms with E-state index in [4.69, 9.17) is 4.74 Å². The Labute approximate surface area is 113 Å². The fourth-order valence-corrected chi connectivity index (χ4v) is 1.35. The standard InChI is InChI=1S/C14H20N2O3/c1-11(9-15-14(2,3)4)10-19-13-8-6-5-7-12(13)16(17)18/h5-8,15H,1,9-10H2,2-4H3. The molecule has 0 saturated carbocycles. The molecule has 19 heavy (non-hydrogen) atoms. The molecule has 0 unspecified atom stereocenters. The lowest BCUT2D eigenvalue weighted by Crippen LogP contribution is -2.37. The van der Waals surface area contributed by atoms with Gasteiger partial charge in [-0.1, -0.05) is 18.7 Å². The van der Waals surface area contributed by atoms with Crippen molar-refractivity contribution in [1.29, 1.82) is 0 Å². The Kier molecular flexibility index (Phi) is 5.06. The maximum atomic E-state index is 10.8. The van der Waals surface area contributed by atoms with Crippen LogP contribution in [0.25, 0.3) is 0 Å².